The molecular formula is C5H5N3O2. The summed E-state index contributed by atoms with van der Waals surface area (Å²) >= 11 is 0. The number of nitrogens with zero attached hydrogens (tertiary/aromatic N) is 3. The molecule has 1 N–H and O–H groups in total. The van der Waals surface area contributed by atoms with Gasteiger partial charge in [-0.25, -0.2) is 4.79 Å². The minimum Gasteiger partial charge on any atom is -0.472 e. The lowest BCUT2D eigenvalue weighted by molar-refractivity contribution is -0.130. The summed E-state index contributed by atoms with van der Waals surface area (Å²) < 4.78 is 0. The second-order valence-electron chi connectivity index (χ2n) is 1.31. The number of hydrogen-bond donors (Lipinski definition) is 1. The second kappa shape index (κ2) is 5.48. The minimum absolute atomic E-state index is 0.219. The molecule has 0 amide bonds. The molecule has 0 heterocycles. The van der Waals surface area contributed by atoms with E-state index >= 15 is 0 Å². The van der Waals surface area contributed by atoms with Gasteiger partial charge in [0.1, 0.15) is 0 Å². The molecule has 0 unspecified atom stereocenters. The first-order valence-electron chi connectivity index (χ1n) is 2.50. The van der Waals surface area contributed by atoms with Crippen molar-refractivity contribution in [2.24, 2.45) is 5.11 Å². The lowest BCUT2D eigenvalue weighted by atomic mass is 10.4. The smallest absolute Gasteiger partial charge is 0.381 e. The van der Waals surface area contributed by atoms with Crippen molar-refractivity contribution in [2.45, 2.75) is 6.42 Å². The van der Waals surface area contributed by atoms with E-state index in [2.05, 4.69) is 15.9 Å². The van der Waals surface area contributed by atoms with Crippen LogP contribution in [0.5, 0.6) is 0 Å². The van der Waals surface area contributed by atoms with E-state index in [1.807, 2.05) is 5.92 Å². The van der Waals surface area contributed by atoms with Crippen LogP contribution in [0.1, 0.15) is 6.42 Å². The van der Waals surface area contributed by atoms with Crippen LogP contribution in [-0.2, 0) is 4.79 Å². The van der Waals surface area contributed by atoms with Crippen LogP contribution >= 0.6 is 0 Å². The first-order valence-corrected chi connectivity index (χ1v) is 2.50. The van der Waals surface area contributed by atoms with Gasteiger partial charge in [-0.3, -0.25) is 0 Å². The molecule has 0 aromatic rings. The highest BCUT2D eigenvalue weighted by atomic mass is 16.4. The maximum Gasteiger partial charge on any atom is 0.381 e. The quantitative estimate of drug-likeness (QED) is 0.201. The Morgan fingerprint density at radius 3 is 3.00 bits per heavy atom. The van der Waals surface area contributed by atoms with Crippen LogP contribution in [0, 0.1) is 11.8 Å². The van der Waals surface area contributed by atoms with Crippen molar-refractivity contribution in [3.63, 3.8) is 0 Å². The van der Waals surface area contributed by atoms with Crippen molar-refractivity contribution in [1.82, 2.24) is 0 Å². The highest BCUT2D eigenvalue weighted by molar-refractivity contribution is 5.86. The molecule has 0 fully saturated rings. The second-order valence-corrected chi connectivity index (χ2v) is 1.31. The lowest BCUT2D eigenvalue weighted by Crippen LogP contribution is -1.86. The number of carbonyl (C=O) groups is 1. The molecule has 0 aliphatic heterocycles. The third-order valence-electron chi connectivity index (χ3n) is 0.595. The van der Waals surface area contributed by atoms with Gasteiger partial charge in [-0.15, -0.1) is 0 Å². The normalized spacial score (nSPS) is 6.80. The Bertz CT molecular complexity index is 219. The summed E-state index contributed by atoms with van der Waals surface area (Å²) in [5.74, 6) is 3.03. The Hall–Kier alpha value is -1.66. The number of hydrogen-bond acceptors (Lipinski definition) is 2. The fraction of sp³-hybridized carbons (Fsp3) is 0.400. The third-order valence-corrected chi connectivity index (χ3v) is 0.595. The van der Waals surface area contributed by atoms with Gasteiger partial charge < -0.3 is 5.11 Å². The van der Waals surface area contributed by atoms with Crippen molar-refractivity contribution in [1.29, 1.82) is 0 Å². The maximum atomic E-state index is 9.75. The Morgan fingerprint density at radius 2 is 2.50 bits per heavy atom. The Labute approximate surface area is 57.3 Å². The molecule has 0 saturated heterocycles. The molecule has 52 valence electrons. The molecule has 0 aliphatic carbocycles. The van der Waals surface area contributed by atoms with E-state index in [1.165, 1.54) is 0 Å². The molecule has 5 nitrogen and oxygen atoms in total. The Balaban J connectivity index is 3.47. The van der Waals surface area contributed by atoms with Gasteiger partial charge in [0.2, 0.25) is 0 Å². The van der Waals surface area contributed by atoms with Gasteiger partial charge >= 0.3 is 5.97 Å². The van der Waals surface area contributed by atoms with E-state index < -0.39 is 5.97 Å². The largest absolute Gasteiger partial charge is 0.472 e. The fourth-order valence-electron chi connectivity index (χ4n) is 0.289. The van der Waals surface area contributed by atoms with Crippen LogP contribution < -0.4 is 0 Å². The molecular weight excluding hydrogens is 134 g/mol. The molecule has 5 heteroatoms. The number of azide groups is 1. The first-order chi connectivity index (χ1) is 4.77. The lowest BCUT2D eigenvalue weighted by Gasteiger charge is -1.75. The zero-order valence-electron chi connectivity index (χ0n) is 5.11. The number of rotatable bonds is 2. The average Bonchev–Trinajstić information content (AvgIpc) is 1.87. The van der Waals surface area contributed by atoms with Gasteiger partial charge in [-0.05, 0) is 5.53 Å². The number of aliphatic carboxylic acids is 1. The SMILES string of the molecule is [N-]=[N+]=NCCC#CC(=O)O. The number of carboxylic acid groups (broad SMARTS) is 1. The molecule has 0 aliphatic rings. The van der Waals surface area contributed by atoms with Crippen LogP contribution in [0.3, 0.4) is 0 Å². The summed E-state index contributed by atoms with van der Waals surface area (Å²) in [6.07, 6.45) is 0.288. The van der Waals surface area contributed by atoms with E-state index in [4.69, 9.17) is 10.6 Å². The average molecular weight is 139 g/mol. The van der Waals surface area contributed by atoms with Crippen molar-refractivity contribution < 1.29 is 9.90 Å². The third kappa shape index (κ3) is 6.34. The Morgan fingerprint density at radius 1 is 1.80 bits per heavy atom. The van der Waals surface area contributed by atoms with Crippen LogP contribution in [0.2, 0.25) is 0 Å². The summed E-state index contributed by atoms with van der Waals surface area (Å²) in [5, 5.41) is 11.1. The molecule has 0 aromatic carbocycles. The van der Waals surface area contributed by atoms with E-state index in [0.717, 1.165) is 0 Å². The van der Waals surface area contributed by atoms with Crippen molar-refractivity contribution >= 4 is 5.97 Å². The monoisotopic (exact) mass is 139 g/mol. The molecule has 0 rings (SSSR count). The van der Waals surface area contributed by atoms with Gasteiger partial charge in [0, 0.05) is 23.8 Å². The Kier molecular flexibility index (Phi) is 4.57. The van der Waals surface area contributed by atoms with E-state index in [1.54, 1.807) is 0 Å². The topological polar surface area (TPSA) is 86.1 Å². The zero-order valence-corrected chi connectivity index (χ0v) is 5.11. The van der Waals surface area contributed by atoms with Crippen molar-refractivity contribution in [3.05, 3.63) is 10.4 Å². The molecule has 0 bridgehead atoms. The molecule has 10 heavy (non-hydrogen) atoms. The summed E-state index contributed by atoms with van der Waals surface area (Å²) in [6.45, 7) is 0.219. The minimum atomic E-state index is -1.17. The van der Waals surface area contributed by atoms with Gasteiger partial charge in [0.05, 0.1) is 0 Å². The summed E-state index contributed by atoms with van der Waals surface area (Å²) in [6, 6.07) is 0. The fourth-order valence-corrected chi connectivity index (χ4v) is 0.289. The maximum absolute atomic E-state index is 9.75. The molecule has 0 radical (unpaired) electrons. The highest BCUT2D eigenvalue weighted by Gasteiger charge is 1.81. The van der Waals surface area contributed by atoms with E-state index in [-0.39, 0.29) is 13.0 Å². The predicted molar refractivity (Wildman–Crippen MR) is 34.0 cm³/mol. The highest BCUT2D eigenvalue weighted by Crippen LogP contribution is 1.77. The number of carboxylic acids is 1. The van der Waals surface area contributed by atoms with Crippen molar-refractivity contribution in [2.75, 3.05) is 6.54 Å². The van der Waals surface area contributed by atoms with Gasteiger partial charge in [-0.2, -0.15) is 0 Å². The zero-order chi connectivity index (χ0) is 7.82. The van der Waals surface area contributed by atoms with Gasteiger partial charge in [-0.1, -0.05) is 11.0 Å². The summed E-state index contributed by atoms with van der Waals surface area (Å²) in [4.78, 5) is 12.2. The molecule has 0 saturated carbocycles. The van der Waals surface area contributed by atoms with Crippen LogP contribution in [0.25, 0.3) is 10.4 Å². The van der Waals surface area contributed by atoms with E-state index in [9.17, 15) is 4.79 Å². The summed E-state index contributed by atoms with van der Waals surface area (Å²) in [7, 11) is 0. The predicted octanol–water partition coefficient (Wildman–Crippen LogP) is 0.775. The van der Waals surface area contributed by atoms with E-state index in [0.29, 0.717) is 0 Å². The summed E-state index contributed by atoms with van der Waals surface area (Å²) in [5.41, 5.74) is 7.77. The van der Waals surface area contributed by atoms with Gasteiger partial charge in [0.15, 0.2) is 0 Å². The first kappa shape index (κ1) is 8.34. The molecule has 0 aromatic heterocycles. The molecule has 0 atom stereocenters. The molecule has 0 spiro atoms. The standard InChI is InChI=1S/C5H5N3O2/c6-8-7-4-2-1-3-5(9)10/h2,4H2,(H,9,10). The van der Waals surface area contributed by atoms with Crippen LogP contribution in [0.15, 0.2) is 5.11 Å². The van der Waals surface area contributed by atoms with Crippen LogP contribution in [-0.4, -0.2) is 17.6 Å². The van der Waals surface area contributed by atoms with Crippen LogP contribution in [0.4, 0.5) is 0 Å². The van der Waals surface area contributed by atoms with Crippen molar-refractivity contribution in [3.8, 4) is 11.8 Å². The van der Waals surface area contributed by atoms with Gasteiger partial charge in [0.25, 0.3) is 0 Å².